The van der Waals surface area contributed by atoms with E-state index in [1.807, 2.05) is 24.3 Å². The molecule has 1 spiro atoms. The van der Waals surface area contributed by atoms with E-state index in [0.717, 1.165) is 30.6 Å². The molecule has 0 aromatic heterocycles. The van der Waals surface area contributed by atoms with Gasteiger partial charge in [0.15, 0.2) is 5.79 Å². The van der Waals surface area contributed by atoms with Gasteiger partial charge in [0.05, 0.1) is 33.5 Å². The molecule has 120 valence electrons. The largest absolute Gasteiger partial charge is 0.497 e. The first-order chi connectivity index (χ1) is 10.7. The zero-order valence-electron chi connectivity index (χ0n) is 13.4. The Morgan fingerprint density at radius 1 is 1.09 bits per heavy atom. The molecule has 1 aromatic rings. The summed E-state index contributed by atoms with van der Waals surface area (Å²) in [6, 6.07) is 7.98. The normalized spacial score (nSPS) is 20.6. The number of hydrogen-bond donors (Lipinski definition) is 0. The van der Waals surface area contributed by atoms with Gasteiger partial charge in [-0.15, -0.1) is 0 Å². The molecule has 1 heterocycles. The minimum absolute atomic E-state index is 0.377. The Morgan fingerprint density at radius 2 is 1.82 bits per heavy atom. The number of benzene rings is 1. The van der Waals surface area contributed by atoms with Crippen molar-refractivity contribution in [3.8, 4) is 5.75 Å². The zero-order chi connectivity index (χ0) is 15.4. The van der Waals surface area contributed by atoms with Crippen LogP contribution in [0, 0.1) is 0 Å². The van der Waals surface area contributed by atoms with Crippen LogP contribution in [0.1, 0.15) is 31.7 Å². The summed E-state index contributed by atoms with van der Waals surface area (Å²) >= 11 is 0. The number of methoxy groups -OCH3 is 1. The van der Waals surface area contributed by atoms with Gasteiger partial charge in [-0.2, -0.15) is 0 Å². The summed E-state index contributed by atoms with van der Waals surface area (Å²) in [7, 11) is 1.67. The van der Waals surface area contributed by atoms with E-state index < -0.39 is 0 Å². The topological polar surface area (TPSA) is 36.9 Å². The third-order valence-electron chi connectivity index (χ3n) is 4.48. The van der Waals surface area contributed by atoms with Crippen molar-refractivity contribution >= 4 is 0 Å². The SMILES string of the molecule is COc1ccc(COCC2=C(C)CCC3(C2)OCCO3)cc1. The number of ether oxygens (including phenoxy) is 4. The molecule has 0 amide bonds. The fraction of sp³-hybridized carbons (Fsp3) is 0.556. The second-order valence-corrected chi connectivity index (χ2v) is 6.01. The van der Waals surface area contributed by atoms with Gasteiger partial charge in [0.1, 0.15) is 5.75 Å². The smallest absolute Gasteiger partial charge is 0.172 e. The maximum atomic E-state index is 5.90. The second-order valence-electron chi connectivity index (χ2n) is 6.01. The van der Waals surface area contributed by atoms with Crippen molar-refractivity contribution in [2.24, 2.45) is 0 Å². The maximum absolute atomic E-state index is 5.90. The quantitative estimate of drug-likeness (QED) is 0.781. The molecular formula is C18H24O4. The summed E-state index contributed by atoms with van der Waals surface area (Å²) in [5.74, 6) is 0.491. The molecule has 3 rings (SSSR count). The van der Waals surface area contributed by atoms with Gasteiger partial charge in [-0.05, 0) is 36.6 Å². The Kier molecular flexibility index (Phi) is 4.81. The van der Waals surface area contributed by atoms with E-state index in [2.05, 4.69) is 6.92 Å². The van der Waals surface area contributed by atoms with Crippen LogP contribution >= 0.6 is 0 Å². The standard InChI is InChI=1S/C18H24O4/c1-14-7-8-18(21-9-10-22-18)11-16(14)13-20-12-15-3-5-17(19-2)6-4-15/h3-6H,7-13H2,1-2H3. The van der Waals surface area contributed by atoms with Crippen molar-refractivity contribution < 1.29 is 18.9 Å². The molecular weight excluding hydrogens is 280 g/mol. The minimum atomic E-state index is -0.377. The molecule has 1 saturated heterocycles. The Balaban J connectivity index is 1.53. The summed E-state index contributed by atoms with van der Waals surface area (Å²) in [5.41, 5.74) is 3.89. The van der Waals surface area contributed by atoms with Crippen molar-refractivity contribution in [3.63, 3.8) is 0 Å². The van der Waals surface area contributed by atoms with Gasteiger partial charge in [-0.3, -0.25) is 0 Å². The van der Waals surface area contributed by atoms with E-state index in [9.17, 15) is 0 Å². The lowest BCUT2D eigenvalue weighted by Gasteiger charge is -2.33. The molecule has 0 unspecified atom stereocenters. The average Bonchev–Trinajstić information content (AvgIpc) is 3.00. The first-order valence-corrected chi connectivity index (χ1v) is 7.87. The van der Waals surface area contributed by atoms with Crippen LogP contribution < -0.4 is 4.74 Å². The van der Waals surface area contributed by atoms with E-state index in [1.54, 1.807) is 7.11 Å². The monoisotopic (exact) mass is 304 g/mol. The lowest BCUT2D eigenvalue weighted by Crippen LogP contribution is -2.34. The van der Waals surface area contributed by atoms with Crippen molar-refractivity contribution in [3.05, 3.63) is 41.0 Å². The van der Waals surface area contributed by atoms with Gasteiger partial charge in [-0.1, -0.05) is 17.7 Å². The van der Waals surface area contributed by atoms with Gasteiger partial charge in [0.25, 0.3) is 0 Å². The molecule has 0 N–H and O–H groups in total. The Hall–Kier alpha value is -1.36. The van der Waals surface area contributed by atoms with Crippen molar-refractivity contribution in [2.45, 2.75) is 38.6 Å². The molecule has 1 aromatic carbocycles. The van der Waals surface area contributed by atoms with Crippen molar-refractivity contribution in [2.75, 3.05) is 26.9 Å². The molecule has 2 aliphatic rings. The molecule has 1 fully saturated rings. The highest BCUT2D eigenvalue weighted by Gasteiger charge is 2.39. The third-order valence-corrected chi connectivity index (χ3v) is 4.48. The van der Waals surface area contributed by atoms with Crippen LogP contribution in [0.5, 0.6) is 5.75 Å². The molecule has 22 heavy (non-hydrogen) atoms. The maximum Gasteiger partial charge on any atom is 0.172 e. The highest BCUT2D eigenvalue weighted by atomic mass is 16.7. The molecule has 0 bridgehead atoms. The van der Waals surface area contributed by atoms with E-state index in [0.29, 0.717) is 26.4 Å². The zero-order valence-corrected chi connectivity index (χ0v) is 13.4. The van der Waals surface area contributed by atoms with Crippen LogP contribution in [0.3, 0.4) is 0 Å². The van der Waals surface area contributed by atoms with E-state index >= 15 is 0 Å². The number of rotatable bonds is 5. The van der Waals surface area contributed by atoms with Gasteiger partial charge in [-0.25, -0.2) is 0 Å². The number of allylic oxidation sites excluding steroid dienone is 1. The molecule has 0 saturated carbocycles. The van der Waals surface area contributed by atoms with Crippen LogP contribution in [0.15, 0.2) is 35.4 Å². The molecule has 1 aliphatic heterocycles. The highest BCUT2D eigenvalue weighted by molar-refractivity contribution is 5.26. The summed E-state index contributed by atoms with van der Waals surface area (Å²) in [4.78, 5) is 0. The first kappa shape index (κ1) is 15.5. The van der Waals surface area contributed by atoms with Crippen LogP contribution in [0.2, 0.25) is 0 Å². The van der Waals surface area contributed by atoms with Crippen LogP contribution in [-0.2, 0) is 20.8 Å². The summed E-state index contributed by atoms with van der Waals surface area (Å²) in [6.45, 7) is 4.85. The first-order valence-electron chi connectivity index (χ1n) is 7.87. The van der Waals surface area contributed by atoms with Crippen molar-refractivity contribution in [1.82, 2.24) is 0 Å². The Morgan fingerprint density at radius 3 is 2.50 bits per heavy atom. The lowest BCUT2D eigenvalue weighted by atomic mass is 9.88. The third kappa shape index (κ3) is 3.51. The Bertz CT molecular complexity index is 527. The number of hydrogen-bond acceptors (Lipinski definition) is 4. The molecule has 0 atom stereocenters. The van der Waals surface area contributed by atoms with Gasteiger partial charge < -0.3 is 18.9 Å². The van der Waals surface area contributed by atoms with Crippen molar-refractivity contribution in [1.29, 1.82) is 0 Å². The fourth-order valence-corrected chi connectivity index (χ4v) is 3.05. The molecule has 4 heteroatoms. The van der Waals surface area contributed by atoms with Gasteiger partial charge in [0.2, 0.25) is 0 Å². The average molecular weight is 304 g/mol. The molecule has 1 aliphatic carbocycles. The van der Waals surface area contributed by atoms with Crippen LogP contribution in [0.25, 0.3) is 0 Å². The summed E-state index contributed by atoms with van der Waals surface area (Å²) < 4.78 is 22.7. The molecule has 4 nitrogen and oxygen atoms in total. The predicted octanol–water partition coefficient (Wildman–Crippen LogP) is 3.46. The van der Waals surface area contributed by atoms with Gasteiger partial charge in [0, 0.05) is 12.8 Å². The Labute approximate surface area is 132 Å². The minimum Gasteiger partial charge on any atom is -0.497 e. The lowest BCUT2D eigenvalue weighted by molar-refractivity contribution is -0.164. The molecule has 0 radical (unpaired) electrons. The second kappa shape index (κ2) is 6.82. The fourth-order valence-electron chi connectivity index (χ4n) is 3.05. The van der Waals surface area contributed by atoms with E-state index in [4.69, 9.17) is 18.9 Å². The van der Waals surface area contributed by atoms with Gasteiger partial charge >= 0.3 is 0 Å². The van der Waals surface area contributed by atoms with E-state index in [1.165, 1.54) is 11.1 Å². The van der Waals surface area contributed by atoms with Crippen LogP contribution in [0.4, 0.5) is 0 Å². The highest BCUT2D eigenvalue weighted by Crippen LogP contribution is 2.38. The summed E-state index contributed by atoms with van der Waals surface area (Å²) in [5, 5.41) is 0. The van der Waals surface area contributed by atoms with E-state index in [-0.39, 0.29) is 5.79 Å². The summed E-state index contributed by atoms with van der Waals surface area (Å²) in [6.07, 6.45) is 2.82. The predicted molar refractivity (Wildman–Crippen MR) is 83.8 cm³/mol. The van der Waals surface area contributed by atoms with Crippen LogP contribution in [-0.4, -0.2) is 32.7 Å².